The molecular formula is C14H16O3. The van der Waals surface area contributed by atoms with Gasteiger partial charge in [0.05, 0.1) is 7.11 Å². The molecule has 90 valence electrons. The number of hydrogen-bond acceptors (Lipinski definition) is 3. The zero-order chi connectivity index (χ0) is 12.5. The molecule has 1 rings (SSSR count). The number of esters is 1. The van der Waals surface area contributed by atoms with Gasteiger partial charge in [-0.25, -0.2) is 4.79 Å². The number of methoxy groups -OCH3 is 1. The van der Waals surface area contributed by atoms with E-state index in [-0.39, 0.29) is 0 Å². The molecule has 0 saturated heterocycles. The van der Waals surface area contributed by atoms with E-state index in [0.717, 1.165) is 19.3 Å². The van der Waals surface area contributed by atoms with Crippen LogP contribution in [0.2, 0.25) is 0 Å². The second kappa shape index (κ2) is 7.34. The maximum absolute atomic E-state index is 10.9. The third-order valence-corrected chi connectivity index (χ3v) is 2.08. The van der Waals surface area contributed by atoms with Crippen LogP contribution < -0.4 is 0 Å². The Balaban J connectivity index is 2.55. The normalized spacial score (nSPS) is 10.0. The Morgan fingerprint density at radius 1 is 1.53 bits per heavy atom. The molecule has 3 heteroatoms. The van der Waals surface area contributed by atoms with E-state index in [4.69, 9.17) is 4.42 Å². The molecule has 1 aromatic heterocycles. The Hall–Kier alpha value is -1.95. The van der Waals surface area contributed by atoms with Crippen LogP contribution in [-0.2, 0) is 9.53 Å². The summed E-state index contributed by atoms with van der Waals surface area (Å²) in [6.45, 7) is 2.13. The van der Waals surface area contributed by atoms with Gasteiger partial charge in [0.2, 0.25) is 0 Å². The van der Waals surface area contributed by atoms with Crippen molar-refractivity contribution in [2.24, 2.45) is 0 Å². The zero-order valence-electron chi connectivity index (χ0n) is 10.2. The standard InChI is InChI=1S/C14H16O3/c1-3-4-5-6-7-12-8-9-13(17-12)10-11-14(15)16-2/h8-11H,3-5H2,1-2H3/b11-10+. The second-order valence-electron chi connectivity index (χ2n) is 3.46. The number of unbranched alkanes of at least 4 members (excludes halogenated alkanes) is 2. The Morgan fingerprint density at radius 3 is 3.06 bits per heavy atom. The van der Waals surface area contributed by atoms with Crippen molar-refractivity contribution >= 4 is 12.0 Å². The van der Waals surface area contributed by atoms with Crippen molar-refractivity contribution in [2.45, 2.75) is 26.2 Å². The predicted octanol–water partition coefficient (Wildman–Crippen LogP) is 3.01. The number of rotatable bonds is 4. The molecule has 0 radical (unpaired) electrons. The number of carbonyl (C=O) groups is 1. The Labute approximate surface area is 101 Å². The summed E-state index contributed by atoms with van der Waals surface area (Å²) in [5.74, 6) is 6.77. The summed E-state index contributed by atoms with van der Waals surface area (Å²) in [6.07, 6.45) is 5.99. The van der Waals surface area contributed by atoms with Crippen LogP contribution in [0.4, 0.5) is 0 Å². The molecule has 0 fully saturated rings. The van der Waals surface area contributed by atoms with Crippen molar-refractivity contribution in [3.63, 3.8) is 0 Å². The Morgan fingerprint density at radius 2 is 2.35 bits per heavy atom. The summed E-state index contributed by atoms with van der Waals surface area (Å²) < 4.78 is 9.87. The highest BCUT2D eigenvalue weighted by Gasteiger charge is 1.97. The Bertz CT molecular complexity index is 444. The minimum absolute atomic E-state index is 0.406. The lowest BCUT2D eigenvalue weighted by Gasteiger charge is -1.88. The molecule has 0 N–H and O–H groups in total. The summed E-state index contributed by atoms with van der Waals surface area (Å²) >= 11 is 0. The highest BCUT2D eigenvalue weighted by atomic mass is 16.5. The van der Waals surface area contributed by atoms with Gasteiger partial charge in [0.1, 0.15) is 5.76 Å². The van der Waals surface area contributed by atoms with Gasteiger partial charge < -0.3 is 9.15 Å². The van der Waals surface area contributed by atoms with Gasteiger partial charge in [-0.3, -0.25) is 0 Å². The summed E-state index contributed by atoms with van der Waals surface area (Å²) in [5.41, 5.74) is 0. The van der Waals surface area contributed by atoms with Crippen molar-refractivity contribution in [1.29, 1.82) is 0 Å². The maximum Gasteiger partial charge on any atom is 0.330 e. The average molecular weight is 232 g/mol. The van der Waals surface area contributed by atoms with Gasteiger partial charge in [0, 0.05) is 12.5 Å². The number of hydrogen-bond donors (Lipinski definition) is 0. The first-order chi connectivity index (χ1) is 8.26. The highest BCUT2D eigenvalue weighted by Crippen LogP contribution is 2.08. The van der Waals surface area contributed by atoms with Gasteiger partial charge in [-0.2, -0.15) is 0 Å². The highest BCUT2D eigenvalue weighted by molar-refractivity contribution is 5.86. The minimum Gasteiger partial charge on any atom is -0.466 e. The largest absolute Gasteiger partial charge is 0.466 e. The van der Waals surface area contributed by atoms with Gasteiger partial charge in [-0.1, -0.05) is 19.3 Å². The lowest BCUT2D eigenvalue weighted by Crippen LogP contribution is -1.92. The summed E-state index contributed by atoms with van der Waals surface area (Å²) in [7, 11) is 1.33. The van der Waals surface area contributed by atoms with Crippen LogP contribution in [0.3, 0.4) is 0 Å². The van der Waals surface area contributed by atoms with Crippen LogP contribution in [0.15, 0.2) is 22.6 Å². The van der Waals surface area contributed by atoms with Crippen LogP contribution in [0.1, 0.15) is 37.7 Å². The van der Waals surface area contributed by atoms with Crippen molar-refractivity contribution in [3.05, 3.63) is 29.7 Å². The molecule has 0 amide bonds. The molecule has 0 aliphatic carbocycles. The van der Waals surface area contributed by atoms with E-state index >= 15 is 0 Å². The van der Waals surface area contributed by atoms with Crippen LogP contribution in [-0.4, -0.2) is 13.1 Å². The summed E-state index contributed by atoms with van der Waals surface area (Å²) in [5, 5.41) is 0. The SMILES string of the molecule is CCCCC#Cc1ccc(/C=C/C(=O)OC)o1. The topological polar surface area (TPSA) is 39.4 Å². The Kier molecular flexibility index (Phi) is 5.67. The fourth-order valence-electron chi connectivity index (χ4n) is 1.14. The third kappa shape index (κ3) is 5.07. The molecule has 0 atom stereocenters. The van der Waals surface area contributed by atoms with E-state index in [2.05, 4.69) is 23.5 Å². The first kappa shape index (κ1) is 13.1. The monoisotopic (exact) mass is 232 g/mol. The molecule has 0 spiro atoms. The summed E-state index contributed by atoms with van der Waals surface area (Å²) in [4.78, 5) is 10.9. The van der Waals surface area contributed by atoms with Crippen molar-refractivity contribution in [3.8, 4) is 11.8 Å². The molecule has 0 aliphatic heterocycles. The van der Waals surface area contributed by atoms with Crippen LogP contribution >= 0.6 is 0 Å². The van der Waals surface area contributed by atoms with Crippen LogP contribution in [0, 0.1) is 11.8 Å². The summed E-state index contributed by atoms with van der Waals surface area (Å²) in [6, 6.07) is 3.55. The molecular weight excluding hydrogens is 216 g/mol. The van der Waals surface area contributed by atoms with E-state index in [1.807, 2.05) is 0 Å². The smallest absolute Gasteiger partial charge is 0.330 e. The first-order valence-electron chi connectivity index (χ1n) is 5.61. The van der Waals surface area contributed by atoms with Crippen LogP contribution in [0.5, 0.6) is 0 Å². The molecule has 0 unspecified atom stereocenters. The molecule has 1 aromatic rings. The van der Waals surface area contributed by atoms with E-state index in [1.165, 1.54) is 13.2 Å². The lowest BCUT2D eigenvalue weighted by atomic mass is 10.2. The molecule has 0 saturated carbocycles. The van der Waals surface area contributed by atoms with Gasteiger partial charge in [-0.15, -0.1) is 0 Å². The van der Waals surface area contributed by atoms with E-state index in [0.29, 0.717) is 11.5 Å². The number of furan rings is 1. The molecule has 0 aromatic carbocycles. The van der Waals surface area contributed by atoms with Gasteiger partial charge in [-0.05, 0) is 30.6 Å². The molecule has 0 bridgehead atoms. The first-order valence-corrected chi connectivity index (χ1v) is 5.61. The number of ether oxygens (including phenoxy) is 1. The second-order valence-corrected chi connectivity index (χ2v) is 3.46. The maximum atomic E-state index is 10.9. The fourth-order valence-corrected chi connectivity index (χ4v) is 1.14. The van der Waals surface area contributed by atoms with Gasteiger partial charge in [0.15, 0.2) is 5.76 Å². The molecule has 3 nitrogen and oxygen atoms in total. The fraction of sp³-hybridized carbons (Fsp3) is 0.357. The molecule has 0 aliphatic rings. The van der Waals surface area contributed by atoms with Crippen molar-refractivity contribution < 1.29 is 13.9 Å². The quantitative estimate of drug-likeness (QED) is 0.347. The third-order valence-electron chi connectivity index (χ3n) is 2.08. The lowest BCUT2D eigenvalue weighted by molar-refractivity contribution is -0.134. The van der Waals surface area contributed by atoms with E-state index in [1.54, 1.807) is 18.2 Å². The van der Waals surface area contributed by atoms with Crippen LogP contribution in [0.25, 0.3) is 6.08 Å². The van der Waals surface area contributed by atoms with E-state index in [9.17, 15) is 4.79 Å². The predicted molar refractivity (Wildman–Crippen MR) is 66.2 cm³/mol. The minimum atomic E-state index is -0.406. The number of carbonyl (C=O) groups excluding carboxylic acids is 1. The van der Waals surface area contributed by atoms with E-state index < -0.39 is 5.97 Å². The average Bonchev–Trinajstić information content (AvgIpc) is 2.79. The molecule has 1 heterocycles. The van der Waals surface area contributed by atoms with Gasteiger partial charge in [0.25, 0.3) is 0 Å². The molecule has 17 heavy (non-hydrogen) atoms. The van der Waals surface area contributed by atoms with Gasteiger partial charge >= 0.3 is 5.97 Å². The van der Waals surface area contributed by atoms with Crippen molar-refractivity contribution in [2.75, 3.05) is 7.11 Å². The van der Waals surface area contributed by atoms with Crippen molar-refractivity contribution in [1.82, 2.24) is 0 Å². The zero-order valence-corrected chi connectivity index (χ0v) is 10.2.